The van der Waals surface area contributed by atoms with Gasteiger partial charge in [-0.1, -0.05) is 39.3 Å². The minimum atomic E-state index is 0.565. The Kier molecular flexibility index (Phi) is 6.28. The first-order valence-corrected chi connectivity index (χ1v) is 7.57. The Morgan fingerprint density at radius 1 is 1.29 bits per heavy atom. The zero-order valence-corrected chi connectivity index (χ0v) is 12.6. The lowest BCUT2D eigenvalue weighted by Gasteiger charge is -2.09. The van der Waals surface area contributed by atoms with Gasteiger partial charge in [0.25, 0.3) is 0 Å². The normalized spacial score (nSPS) is 13.1. The fourth-order valence-electron chi connectivity index (χ4n) is 1.44. The molecule has 0 spiro atoms. The molecular formula is C13H21ClN2S. The standard InChI is InChI=1S/C13H21ClN2S/c1-5-10(4)17-8-13-15-11(6-9(2)3)7-12(14)16-13/h7,9-10H,5-6,8H2,1-4H3. The van der Waals surface area contributed by atoms with Gasteiger partial charge in [0.2, 0.25) is 0 Å². The van der Waals surface area contributed by atoms with Crippen molar-refractivity contribution < 1.29 is 0 Å². The molecule has 1 heterocycles. The Morgan fingerprint density at radius 2 is 2.00 bits per heavy atom. The van der Waals surface area contributed by atoms with Crippen molar-refractivity contribution in [3.05, 3.63) is 22.7 Å². The van der Waals surface area contributed by atoms with Crippen molar-refractivity contribution >= 4 is 23.4 Å². The largest absolute Gasteiger partial charge is 0.237 e. The highest BCUT2D eigenvalue weighted by molar-refractivity contribution is 7.99. The minimum Gasteiger partial charge on any atom is -0.237 e. The second kappa shape index (κ2) is 7.22. The van der Waals surface area contributed by atoms with Crippen LogP contribution in [0, 0.1) is 5.92 Å². The molecule has 4 heteroatoms. The minimum absolute atomic E-state index is 0.565. The van der Waals surface area contributed by atoms with Crippen molar-refractivity contribution in [2.45, 2.75) is 51.5 Å². The first-order valence-electron chi connectivity index (χ1n) is 6.15. The summed E-state index contributed by atoms with van der Waals surface area (Å²) < 4.78 is 0. The molecule has 1 unspecified atom stereocenters. The van der Waals surface area contributed by atoms with Crippen LogP contribution in [0.5, 0.6) is 0 Å². The summed E-state index contributed by atoms with van der Waals surface area (Å²) in [6, 6.07) is 1.87. The summed E-state index contributed by atoms with van der Waals surface area (Å²) in [4.78, 5) is 8.84. The molecule has 0 aliphatic heterocycles. The predicted octanol–water partition coefficient (Wildman–Crippen LogP) is 4.36. The monoisotopic (exact) mass is 272 g/mol. The third-order valence-corrected chi connectivity index (χ3v) is 4.00. The van der Waals surface area contributed by atoms with E-state index in [2.05, 4.69) is 37.7 Å². The van der Waals surface area contributed by atoms with Gasteiger partial charge in [-0.3, -0.25) is 0 Å². The lowest BCUT2D eigenvalue weighted by atomic mass is 10.1. The third kappa shape index (κ3) is 5.73. The fraction of sp³-hybridized carbons (Fsp3) is 0.692. The van der Waals surface area contributed by atoms with E-state index in [1.54, 1.807) is 0 Å². The van der Waals surface area contributed by atoms with E-state index in [4.69, 9.17) is 11.6 Å². The quantitative estimate of drug-likeness (QED) is 0.720. The number of halogens is 1. The maximum atomic E-state index is 6.02. The Labute approximate surface area is 114 Å². The first-order chi connectivity index (χ1) is 8.01. The van der Waals surface area contributed by atoms with Crippen LogP contribution in [0.3, 0.4) is 0 Å². The molecule has 0 saturated heterocycles. The average Bonchev–Trinajstić information content (AvgIpc) is 2.24. The molecule has 0 bridgehead atoms. The van der Waals surface area contributed by atoms with Crippen LogP contribution < -0.4 is 0 Å². The second-order valence-corrected chi connectivity index (χ2v) is 6.54. The van der Waals surface area contributed by atoms with Crippen LogP contribution in [0.15, 0.2) is 6.07 Å². The molecule has 0 aromatic carbocycles. The molecule has 0 aliphatic carbocycles. The van der Waals surface area contributed by atoms with Gasteiger partial charge in [0.15, 0.2) is 0 Å². The first kappa shape index (κ1) is 14.8. The van der Waals surface area contributed by atoms with Crippen LogP contribution in [-0.4, -0.2) is 15.2 Å². The van der Waals surface area contributed by atoms with E-state index in [-0.39, 0.29) is 0 Å². The Bertz CT molecular complexity index is 355. The van der Waals surface area contributed by atoms with E-state index in [1.807, 2.05) is 17.8 Å². The highest BCUT2D eigenvalue weighted by Gasteiger charge is 2.07. The molecule has 0 amide bonds. The van der Waals surface area contributed by atoms with Crippen molar-refractivity contribution in [2.75, 3.05) is 0 Å². The van der Waals surface area contributed by atoms with Crippen LogP contribution in [0.4, 0.5) is 0 Å². The van der Waals surface area contributed by atoms with E-state index in [9.17, 15) is 0 Å². The van der Waals surface area contributed by atoms with E-state index in [0.29, 0.717) is 16.3 Å². The lowest BCUT2D eigenvalue weighted by Crippen LogP contribution is -2.03. The summed E-state index contributed by atoms with van der Waals surface area (Å²) >= 11 is 7.90. The lowest BCUT2D eigenvalue weighted by molar-refractivity contribution is 0.632. The predicted molar refractivity (Wildman–Crippen MR) is 76.6 cm³/mol. The Balaban J connectivity index is 2.68. The molecule has 1 atom stereocenters. The highest BCUT2D eigenvalue weighted by Crippen LogP contribution is 2.19. The van der Waals surface area contributed by atoms with Crippen LogP contribution in [-0.2, 0) is 12.2 Å². The Hall–Kier alpha value is -0.280. The summed E-state index contributed by atoms with van der Waals surface area (Å²) in [5.41, 5.74) is 1.06. The molecule has 0 radical (unpaired) electrons. The van der Waals surface area contributed by atoms with Gasteiger partial charge in [-0.2, -0.15) is 11.8 Å². The number of hydrogen-bond acceptors (Lipinski definition) is 3. The van der Waals surface area contributed by atoms with Gasteiger partial charge in [0.1, 0.15) is 11.0 Å². The van der Waals surface area contributed by atoms with Gasteiger partial charge in [-0.05, 0) is 24.8 Å². The smallest absolute Gasteiger partial charge is 0.140 e. The third-order valence-electron chi connectivity index (χ3n) is 2.48. The zero-order chi connectivity index (χ0) is 12.8. The van der Waals surface area contributed by atoms with E-state index in [1.165, 1.54) is 6.42 Å². The van der Waals surface area contributed by atoms with Gasteiger partial charge in [-0.25, -0.2) is 9.97 Å². The van der Waals surface area contributed by atoms with Crippen LogP contribution in [0.25, 0.3) is 0 Å². The van der Waals surface area contributed by atoms with Gasteiger partial charge in [0.05, 0.1) is 5.75 Å². The molecule has 0 saturated carbocycles. The Morgan fingerprint density at radius 3 is 2.59 bits per heavy atom. The van der Waals surface area contributed by atoms with Gasteiger partial charge < -0.3 is 0 Å². The van der Waals surface area contributed by atoms with Crippen molar-refractivity contribution in [1.29, 1.82) is 0 Å². The topological polar surface area (TPSA) is 25.8 Å². The van der Waals surface area contributed by atoms with Crippen LogP contribution in [0.1, 0.15) is 45.6 Å². The molecule has 96 valence electrons. The van der Waals surface area contributed by atoms with E-state index < -0.39 is 0 Å². The summed E-state index contributed by atoms with van der Waals surface area (Å²) in [6.07, 6.45) is 2.13. The fourth-order valence-corrected chi connectivity index (χ4v) is 2.46. The van der Waals surface area contributed by atoms with Crippen molar-refractivity contribution in [3.8, 4) is 0 Å². The summed E-state index contributed by atoms with van der Waals surface area (Å²) in [5.74, 6) is 2.30. The van der Waals surface area contributed by atoms with E-state index in [0.717, 1.165) is 23.7 Å². The SMILES string of the molecule is CCC(C)SCc1nc(Cl)cc(CC(C)C)n1. The molecule has 17 heavy (non-hydrogen) atoms. The maximum Gasteiger partial charge on any atom is 0.140 e. The van der Waals surface area contributed by atoms with Crippen molar-refractivity contribution in [3.63, 3.8) is 0 Å². The summed E-state index contributed by atoms with van der Waals surface area (Å²) in [5, 5.41) is 1.21. The van der Waals surface area contributed by atoms with Crippen LogP contribution in [0.2, 0.25) is 5.15 Å². The summed E-state index contributed by atoms with van der Waals surface area (Å²) in [6.45, 7) is 8.79. The van der Waals surface area contributed by atoms with Gasteiger partial charge >= 0.3 is 0 Å². The number of aromatic nitrogens is 2. The second-order valence-electron chi connectivity index (χ2n) is 4.73. The molecule has 1 rings (SSSR count). The molecule has 0 aliphatic rings. The number of nitrogens with zero attached hydrogens (tertiary/aromatic N) is 2. The van der Waals surface area contributed by atoms with Crippen LogP contribution >= 0.6 is 23.4 Å². The highest BCUT2D eigenvalue weighted by atomic mass is 35.5. The number of hydrogen-bond donors (Lipinski definition) is 0. The average molecular weight is 273 g/mol. The van der Waals surface area contributed by atoms with Gasteiger partial charge in [-0.15, -0.1) is 0 Å². The molecular weight excluding hydrogens is 252 g/mol. The number of rotatable bonds is 6. The molecule has 0 fully saturated rings. The van der Waals surface area contributed by atoms with Crippen molar-refractivity contribution in [1.82, 2.24) is 9.97 Å². The zero-order valence-electron chi connectivity index (χ0n) is 11.0. The molecule has 1 aromatic rings. The molecule has 2 nitrogen and oxygen atoms in total. The number of thioether (sulfide) groups is 1. The van der Waals surface area contributed by atoms with Crippen molar-refractivity contribution in [2.24, 2.45) is 5.92 Å². The summed E-state index contributed by atoms with van der Waals surface area (Å²) in [7, 11) is 0. The van der Waals surface area contributed by atoms with E-state index >= 15 is 0 Å². The molecule has 0 N–H and O–H groups in total. The van der Waals surface area contributed by atoms with Gasteiger partial charge in [0, 0.05) is 10.9 Å². The maximum absolute atomic E-state index is 6.02. The molecule has 1 aromatic heterocycles.